The third-order valence-corrected chi connectivity index (χ3v) is 5.83. The lowest BCUT2D eigenvalue weighted by Gasteiger charge is -2.14. The maximum atomic E-state index is 12.7. The number of anilines is 1. The fourth-order valence-electron chi connectivity index (χ4n) is 2.83. The van der Waals surface area contributed by atoms with Gasteiger partial charge < -0.3 is 5.32 Å². The van der Waals surface area contributed by atoms with Crippen molar-refractivity contribution in [3.05, 3.63) is 59.2 Å². The van der Waals surface area contributed by atoms with Gasteiger partial charge in [0.25, 0.3) is 15.9 Å². The predicted octanol–water partition coefficient (Wildman–Crippen LogP) is 4.28. The van der Waals surface area contributed by atoms with E-state index in [1.807, 2.05) is 32.0 Å². The van der Waals surface area contributed by atoms with Crippen LogP contribution in [-0.2, 0) is 16.4 Å². The Kier molecular flexibility index (Phi) is 7.42. The first kappa shape index (κ1) is 21.0. The van der Waals surface area contributed by atoms with Gasteiger partial charge in [-0.1, -0.05) is 44.9 Å². The Bertz CT molecular complexity index is 875. The third kappa shape index (κ3) is 5.57. The van der Waals surface area contributed by atoms with Gasteiger partial charge in [0.05, 0.1) is 10.6 Å². The van der Waals surface area contributed by atoms with E-state index in [0.29, 0.717) is 17.8 Å². The summed E-state index contributed by atoms with van der Waals surface area (Å²) in [6.45, 7) is 6.60. The van der Waals surface area contributed by atoms with E-state index in [1.165, 1.54) is 12.1 Å². The van der Waals surface area contributed by atoms with E-state index in [0.717, 1.165) is 36.8 Å². The molecule has 0 saturated carbocycles. The highest BCUT2D eigenvalue weighted by Gasteiger charge is 2.17. The van der Waals surface area contributed by atoms with E-state index in [2.05, 4.69) is 17.0 Å². The molecular weight excluding hydrogens is 360 g/mol. The van der Waals surface area contributed by atoms with Crippen LogP contribution in [0.3, 0.4) is 0 Å². The number of sulfonamides is 1. The van der Waals surface area contributed by atoms with Gasteiger partial charge in [0.15, 0.2) is 0 Å². The number of amides is 1. The van der Waals surface area contributed by atoms with E-state index in [1.54, 1.807) is 12.1 Å². The summed E-state index contributed by atoms with van der Waals surface area (Å²) < 4.78 is 28.2. The van der Waals surface area contributed by atoms with Gasteiger partial charge >= 0.3 is 0 Å². The molecule has 0 radical (unpaired) electrons. The van der Waals surface area contributed by atoms with Gasteiger partial charge in [0.1, 0.15) is 0 Å². The highest BCUT2D eigenvalue weighted by atomic mass is 32.2. The van der Waals surface area contributed by atoms with Crippen molar-refractivity contribution in [3.8, 4) is 0 Å². The molecule has 0 saturated heterocycles. The average Bonchev–Trinajstić information content (AvgIpc) is 2.66. The molecule has 146 valence electrons. The van der Waals surface area contributed by atoms with Crippen LogP contribution in [0, 0.1) is 6.92 Å². The van der Waals surface area contributed by atoms with Crippen molar-refractivity contribution in [2.75, 3.05) is 11.3 Å². The Morgan fingerprint density at radius 3 is 2.33 bits per heavy atom. The molecule has 0 fully saturated rings. The Morgan fingerprint density at radius 2 is 1.70 bits per heavy atom. The molecule has 0 aliphatic heterocycles. The molecule has 6 heteroatoms. The fraction of sp³-hybridized carbons (Fsp3) is 0.381. The number of para-hydroxylation sites is 1. The highest BCUT2D eigenvalue weighted by Crippen LogP contribution is 2.24. The standard InChI is InChI=1S/C21H28N2O3S/c1-4-6-7-15-22-21(24)18-11-13-19(14-12-18)27(25,26)23-20-16(3)9-8-10-17(20)5-2/h8-14,23H,4-7,15H2,1-3H3,(H,22,24). The van der Waals surface area contributed by atoms with E-state index < -0.39 is 10.0 Å². The van der Waals surface area contributed by atoms with Crippen molar-refractivity contribution >= 4 is 21.6 Å². The van der Waals surface area contributed by atoms with Crippen LogP contribution >= 0.6 is 0 Å². The van der Waals surface area contributed by atoms with E-state index in [4.69, 9.17) is 0 Å². The van der Waals surface area contributed by atoms with Crippen molar-refractivity contribution in [2.24, 2.45) is 0 Å². The molecule has 27 heavy (non-hydrogen) atoms. The molecule has 1 amide bonds. The number of hydrogen-bond donors (Lipinski definition) is 2. The maximum Gasteiger partial charge on any atom is 0.261 e. The van der Waals surface area contributed by atoms with Crippen LogP contribution in [0.25, 0.3) is 0 Å². The van der Waals surface area contributed by atoms with Gasteiger partial charge in [-0.05, 0) is 55.2 Å². The number of carbonyl (C=O) groups excluding carboxylic acids is 1. The summed E-state index contributed by atoms with van der Waals surface area (Å²) in [5.41, 5.74) is 2.90. The zero-order chi connectivity index (χ0) is 19.9. The molecule has 0 spiro atoms. The highest BCUT2D eigenvalue weighted by molar-refractivity contribution is 7.92. The number of benzene rings is 2. The van der Waals surface area contributed by atoms with Gasteiger partial charge in [-0.3, -0.25) is 9.52 Å². The minimum atomic E-state index is -3.72. The van der Waals surface area contributed by atoms with Gasteiger partial charge in [-0.25, -0.2) is 8.42 Å². The first-order valence-corrected chi connectivity index (χ1v) is 10.9. The number of rotatable bonds is 9. The Morgan fingerprint density at radius 1 is 1.00 bits per heavy atom. The molecule has 0 unspecified atom stereocenters. The number of nitrogens with one attached hydrogen (secondary N) is 2. The van der Waals surface area contributed by atoms with Crippen LogP contribution < -0.4 is 10.0 Å². The second-order valence-corrected chi connectivity index (χ2v) is 8.24. The first-order valence-electron chi connectivity index (χ1n) is 9.38. The quantitative estimate of drug-likeness (QED) is 0.630. The minimum absolute atomic E-state index is 0.135. The predicted molar refractivity (Wildman–Crippen MR) is 110 cm³/mol. The maximum absolute atomic E-state index is 12.7. The Balaban J connectivity index is 2.13. The van der Waals surface area contributed by atoms with Gasteiger partial charge in [0, 0.05) is 12.1 Å². The lowest BCUT2D eigenvalue weighted by Crippen LogP contribution is -2.24. The van der Waals surface area contributed by atoms with Gasteiger partial charge in [-0.2, -0.15) is 0 Å². The molecule has 0 aromatic heterocycles. The molecule has 2 N–H and O–H groups in total. The van der Waals surface area contributed by atoms with Crippen LogP contribution in [0.2, 0.25) is 0 Å². The van der Waals surface area contributed by atoms with Crippen molar-refractivity contribution < 1.29 is 13.2 Å². The lowest BCUT2D eigenvalue weighted by atomic mass is 10.1. The number of hydrogen-bond acceptors (Lipinski definition) is 3. The summed E-state index contributed by atoms with van der Waals surface area (Å²) in [6, 6.07) is 11.7. The van der Waals surface area contributed by atoms with Crippen LogP contribution in [-0.4, -0.2) is 20.9 Å². The van der Waals surface area contributed by atoms with Crippen molar-refractivity contribution in [2.45, 2.75) is 51.3 Å². The van der Waals surface area contributed by atoms with E-state index in [9.17, 15) is 13.2 Å². The van der Waals surface area contributed by atoms with Crippen LogP contribution in [0.1, 0.15) is 54.6 Å². The Labute approximate surface area is 162 Å². The normalized spacial score (nSPS) is 11.2. The summed E-state index contributed by atoms with van der Waals surface area (Å²) in [5.74, 6) is -0.185. The van der Waals surface area contributed by atoms with Gasteiger partial charge in [0.2, 0.25) is 0 Å². The number of aryl methyl sites for hydroxylation is 2. The molecule has 0 aliphatic carbocycles. The molecule has 2 rings (SSSR count). The largest absolute Gasteiger partial charge is 0.352 e. The minimum Gasteiger partial charge on any atom is -0.352 e. The monoisotopic (exact) mass is 388 g/mol. The lowest BCUT2D eigenvalue weighted by molar-refractivity contribution is 0.0953. The second-order valence-electron chi connectivity index (χ2n) is 6.56. The SMILES string of the molecule is CCCCCNC(=O)c1ccc(S(=O)(=O)Nc2c(C)cccc2CC)cc1. The summed E-state index contributed by atoms with van der Waals surface area (Å²) >= 11 is 0. The molecule has 2 aromatic carbocycles. The number of unbranched alkanes of at least 4 members (excludes halogenated alkanes) is 2. The van der Waals surface area contributed by atoms with Crippen LogP contribution in [0.5, 0.6) is 0 Å². The van der Waals surface area contributed by atoms with Gasteiger partial charge in [-0.15, -0.1) is 0 Å². The van der Waals surface area contributed by atoms with Crippen molar-refractivity contribution in [1.29, 1.82) is 0 Å². The van der Waals surface area contributed by atoms with E-state index in [-0.39, 0.29) is 10.8 Å². The topological polar surface area (TPSA) is 75.3 Å². The molecule has 5 nitrogen and oxygen atoms in total. The Hall–Kier alpha value is -2.34. The zero-order valence-electron chi connectivity index (χ0n) is 16.2. The van der Waals surface area contributed by atoms with E-state index >= 15 is 0 Å². The van der Waals surface area contributed by atoms with Crippen LogP contribution in [0.15, 0.2) is 47.4 Å². The number of carbonyl (C=O) groups is 1. The zero-order valence-corrected chi connectivity index (χ0v) is 17.0. The molecule has 0 aliphatic rings. The smallest absolute Gasteiger partial charge is 0.261 e. The van der Waals surface area contributed by atoms with Crippen molar-refractivity contribution in [3.63, 3.8) is 0 Å². The molecular formula is C21H28N2O3S. The van der Waals surface area contributed by atoms with Crippen LogP contribution in [0.4, 0.5) is 5.69 Å². The summed E-state index contributed by atoms with van der Waals surface area (Å²) in [6.07, 6.45) is 3.84. The fourth-order valence-corrected chi connectivity index (χ4v) is 4.00. The first-order chi connectivity index (χ1) is 12.9. The molecule has 0 atom stereocenters. The third-order valence-electron chi connectivity index (χ3n) is 4.47. The summed E-state index contributed by atoms with van der Waals surface area (Å²) in [4.78, 5) is 12.2. The molecule has 0 bridgehead atoms. The average molecular weight is 389 g/mol. The molecule has 0 heterocycles. The second kappa shape index (κ2) is 9.55. The summed E-state index contributed by atoms with van der Waals surface area (Å²) in [5, 5.41) is 2.85. The van der Waals surface area contributed by atoms with Crippen molar-refractivity contribution in [1.82, 2.24) is 5.32 Å². The summed E-state index contributed by atoms with van der Waals surface area (Å²) in [7, 11) is -3.72. The molecule has 2 aromatic rings.